The van der Waals surface area contributed by atoms with Crippen molar-refractivity contribution in [3.05, 3.63) is 23.8 Å². The molecule has 2 aliphatic rings. The van der Waals surface area contributed by atoms with E-state index in [1.807, 2.05) is 25.1 Å². The van der Waals surface area contributed by atoms with Crippen LogP contribution in [0.3, 0.4) is 0 Å². The van der Waals surface area contributed by atoms with Crippen molar-refractivity contribution < 1.29 is 14.3 Å². The number of likely N-dealkylation sites (tertiary alicyclic amines) is 1. The molecule has 0 bridgehead atoms. The number of fused-ring (bicyclic) bond motifs is 1. The second-order valence-electron chi connectivity index (χ2n) is 5.65. The molecule has 3 rings (SSSR count). The third-order valence-corrected chi connectivity index (χ3v) is 5.49. The van der Waals surface area contributed by atoms with Crippen LogP contribution in [0, 0.1) is 0 Å². The van der Waals surface area contributed by atoms with Gasteiger partial charge in [0.1, 0.15) is 4.32 Å². The highest BCUT2D eigenvalue weighted by Gasteiger charge is 2.19. The lowest BCUT2D eigenvalue weighted by molar-refractivity contribution is -0.119. The largest absolute Gasteiger partial charge is 0.454 e. The molecule has 0 radical (unpaired) electrons. The van der Waals surface area contributed by atoms with Gasteiger partial charge in [-0.3, -0.25) is 4.79 Å². The van der Waals surface area contributed by atoms with Crippen LogP contribution < -0.4 is 14.8 Å². The normalized spacial score (nSPS) is 17.2. The highest BCUT2D eigenvalue weighted by Crippen LogP contribution is 2.34. The summed E-state index contributed by atoms with van der Waals surface area (Å²) < 4.78 is 11.5. The van der Waals surface area contributed by atoms with Gasteiger partial charge in [-0.1, -0.05) is 30.0 Å². The second-order valence-corrected chi connectivity index (χ2v) is 7.26. The van der Waals surface area contributed by atoms with E-state index in [2.05, 4.69) is 10.2 Å². The molecular weight excluding hydrogens is 332 g/mol. The maximum atomic E-state index is 12.1. The summed E-state index contributed by atoms with van der Waals surface area (Å²) >= 11 is 6.81. The summed E-state index contributed by atoms with van der Waals surface area (Å²) in [6.45, 7) is 4.24. The number of thiocarbonyl (C=S) groups is 1. The van der Waals surface area contributed by atoms with Crippen molar-refractivity contribution in [2.45, 2.75) is 25.8 Å². The number of ether oxygens (including phenoxy) is 2. The molecule has 1 atom stereocenters. The van der Waals surface area contributed by atoms with Crippen molar-refractivity contribution in [3.63, 3.8) is 0 Å². The number of thioether (sulfide) groups is 1. The SMILES string of the molecule is C[C@@H](NC(=O)CSC(=S)N1CCCC1)c1ccc2c(c1)OCO2. The molecule has 1 saturated heterocycles. The van der Waals surface area contributed by atoms with Crippen LogP contribution in [0.15, 0.2) is 18.2 Å². The zero-order chi connectivity index (χ0) is 16.2. The first kappa shape index (κ1) is 16.4. The number of rotatable bonds is 4. The molecule has 124 valence electrons. The molecule has 1 amide bonds. The summed E-state index contributed by atoms with van der Waals surface area (Å²) in [7, 11) is 0. The minimum Gasteiger partial charge on any atom is -0.454 e. The Kier molecular flexibility index (Phi) is 5.27. The van der Waals surface area contributed by atoms with Gasteiger partial charge in [0, 0.05) is 13.1 Å². The smallest absolute Gasteiger partial charge is 0.231 e. The van der Waals surface area contributed by atoms with Crippen molar-refractivity contribution in [1.82, 2.24) is 10.2 Å². The first-order chi connectivity index (χ1) is 11.1. The van der Waals surface area contributed by atoms with Crippen molar-refractivity contribution in [3.8, 4) is 11.5 Å². The summed E-state index contributed by atoms with van der Waals surface area (Å²) in [5, 5.41) is 3.00. The predicted molar refractivity (Wildman–Crippen MR) is 95.0 cm³/mol. The van der Waals surface area contributed by atoms with Gasteiger partial charge < -0.3 is 19.7 Å². The quantitative estimate of drug-likeness (QED) is 0.841. The molecule has 0 aromatic heterocycles. The van der Waals surface area contributed by atoms with Gasteiger partial charge in [0.15, 0.2) is 11.5 Å². The maximum Gasteiger partial charge on any atom is 0.231 e. The number of nitrogens with zero attached hydrogens (tertiary/aromatic N) is 1. The molecule has 5 nitrogen and oxygen atoms in total. The van der Waals surface area contributed by atoms with Crippen LogP contribution >= 0.6 is 24.0 Å². The predicted octanol–water partition coefficient (Wildman–Crippen LogP) is 2.71. The van der Waals surface area contributed by atoms with Crippen molar-refractivity contribution in [2.75, 3.05) is 25.6 Å². The highest BCUT2D eigenvalue weighted by atomic mass is 32.2. The highest BCUT2D eigenvalue weighted by molar-refractivity contribution is 8.23. The van der Waals surface area contributed by atoms with E-state index in [0.29, 0.717) is 5.75 Å². The Labute approximate surface area is 145 Å². The molecule has 1 aromatic rings. The van der Waals surface area contributed by atoms with Gasteiger partial charge in [0.2, 0.25) is 12.7 Å². The lowest BCUT2D eigenvalue weighted by atomic mass is 10.1. The molecule has 1 fully saturated rings. The first-order valence-corrected chi connectivity index (χ1v) is 9.13. The average Bonchev–Trinajstić information content (AvgIpc) is 3.22. The minimum absolute atomic E-state index is 0.0123. The first-order valence-electron chi connectivity index (χ1n) is 7.74. The molecular formula is C16H20N2O3S2. The third kappa shape index (κ3) is 4.09. The molecule has 2 heterocycles. The second kappa shape index (κ2) is 7.40. The maximum absolute atomic E-state index is 12.1. The molecule has 2 aliphatic heterocycles. The van der Waals surface area contributed by atoms with E-state index in [1.54, 1.807) is 0 Å². The molecule has 0 unspecified atom stereocenters. The van der Waals surface area contributed by atoms with Crippen molar-refractivity contribution >= 4 is 34.2 Å². The van der Waals surface area contributed by atoms with Gasteiger partial charge in [-0.05, 0) is 37.5 Å². The topological polar surface area (TPSA) is 50.8 Å². The lowest BCUT2D eigenvalue weighted by Gasteiger charge is -2.18. The van der Waals surface area contributed by atoms with Crippen LogP contribution in [0.2, 0.25) is 0 Å². The van der Waals surface area contributed by atoms with Gasteiger partial charge >= 0.3 is 0 Å². The molecule has 1 N–H and O–H groups in total. The van der Waals surface area contributed by atoms with E-state index in [-0.39, 0.29) is 18.7 Å². The molecule has 0 saturated carbocycles. The molecule has 0 aliphatic carbocycles. The summed E-state index contributed by atoms with van der Waals surface area (Å²) in [5.41, 5.74) is 0.995. The number of hydrogen-bond acceptors (Lipinski definition) is 5. The lowest BCUT2D eigenvalue weighted by Crippen LogP contribution is -2.30. The number of benzene rings is 1. The number of carbonyl (C=O) groups is 1. The Morgan fingerprint density at radius 1 is 1.35 bits per heavy atom. The number of amides is 1. The summed E-state index contributed by atoms with van der Waals surface area (Å²) in [6, 6.07) is 5.64. The Morgan fingerprint density at radius 3 is 2.87 bits per heavy atom. The molecule has 0 spiro atoms. The number of hydrogen-bond donors (Lipinski definition) is 1. The fraction of sp³-hybridized carbons (Fsp3) is 0.500. The van der Waals surface area contributed by atoms with E-state index in [0.717, 1.165) is 34.5 Å². The zero-order valence-corrected chi connectivity index (χ0v) is 14.7. The zero-order valence-electron chi connectivity index (χ0n) is 13.0. The Hall–Kier alpha value is -1.47. The third-order valence-electron chi connectivity index (χ3n) is 3.97. The number of nitrogens with one attached hydrogen (secondary N) is 1. The van der Waals surface area contributed by atoms with Crippen LogP contribution in [0.4, 0.5) is 0 Å². The van der Waals surface area contributed by atoms with Crippen molar-refractivity contribution in [2.24, 2.45) is 0 Å². The van der Waals surface area contributed by atoms with Crippen LogP contribution in [-0.4, -0.2) is 40.8 Å². The van der Waals surface area contributed by atoms with Crippen LogP contribution in [0.5, 0.6) is 11.5 Å². The summed E-state index contributed by atoms with van der Waals surface area (Å²) in [5.74, 6) is 1.82. The van der Waals surface area contributed by atoms with Gasteiger partial charge in [-0.2, -0.15) is 0 Å². The molecule has 1 aromatic carbocycles. The van der Waals surface area contributed by atoms with E-state index in [9.17, 15) is 4.79 Å². The van der Waals surface area contributed by atoms with E-state index >= 15 is 0 Å². The monoisotopic (exact) mass is 352 g/mol. The van der Waals surface area contributed by atoms with Crippen LogP contribution in [0.25, 0.3) is 0 Å². The Morgan fingerprint density at radius 2 is 2.09 bits per heavy atom. The Bertz CT molecular complexity index is 603. The van der Waals surface area contributed by atoms with E-state index < -0.39 is 0 Å². The fourth-order valence-electron chi connectivity index (χ4n) is 2.67. The van der Waals surface area contributed by atoms with Crippen molar-refractivity contribution in [1.29, 1.82) is 0 Å². The molecule has 7 heteroatoms. The molecule has 23 heavy (non-hydrogen) atoms. The standard InChI is InChI=1S/C16H20N2O3S2/c1-11(12-4-5-13-14(8-12)21-10-20-13)17-15(19)9-23-16(22)18-6-2-3-7-18/h4-5,8,11H,2-3,6-7,9-10H2,1H3,(H,17,19)/t11-/m1/s1. The van der Waals surface area contributed by atoms with Gasteiger partial charge in [0.05, 0.1) is 11.8 Å². The Balaban J connectivity index is 1.48. The van der Waals surface area contributed by atoms with Crippen LogP contribution in [0.1, 0.15) is 31.4 Å². The van der Waals surface area contributed by atoms with Gasteiger partial charge in [-0.15, -0.1) is 0 Å². The number of carbonyl (C=O) groups excluding carboxylic acids is 1. The summed E-state index contributed by atoms with van der Waals surface area (Å²) in [4.78, 5) is 14.3. The minimum atomic E-state index is -0.0852. The van der Waals surface area contributed by atoms with Crippen LogP contribution in [-0.2, 0) is 4.79 Å². The average molecular weight is 352 g/mol. The van der Waals surface area contributed by atoms with E-state index in [1.165, 1.54) is 24.6 Å². The van der Waals surface area contributed by atoms with E-state index in [4.69, 9.17) is 21.7 Å². The van der Waals surface area contributed by atoms with Gasteiger partial charge in [0.25, 0.3) is 0 Å². The fourth-order valence-corrected chi connectivity index (χ4v) is 3.73. The summed E-state index contributed by atoms with van der Waals surface area (Å²) in [6.07, 6.45) is 2.38. The van der Waals surface area contributed by atoms with Gasteiger partial charge in [-0.25, -0.2) is 0 Å².